The number of aromatic carboxylic acids is 1. The van der Waals surface area contributed by atoms with Crippen molar-refractivity contribution in [1.29, 1.82) is 0 Å². The Bertz CT molecular complexity index is 644. The fourth-order valence-electron chi connectivity index (χ4n) is 1.60. The molecule has 0 spiro atoms. The molecule has 0 fully saturated rings. The molecular weight excluding hydrogens is 274 g/mol. The second kappa shape index (κ2) is 6.00. The number of rotatable bonds is 4. The van der Waals surface area contributed by atoms with E-state index in [-0.39, 0.29) is 5.69 Å². The monoisotopic (exact) mass is 289 g/mol. The van der Waals surface area contributed by atoms with Crippen molar-refractivity contribution >= 4 is 17.7 Å². The maximum atomic E-state index is 10.9. The highest BCUT2D eigenvalue weighted by atomic mass is 32.2. The van der Waals surface area contributed by atoms with Crippen molar-refractivity contribution in [2.75, 3.05) is 0 Å². The fraction of sp³-hybridized carbons (Fsp3) is 0.286. The van der Waals surface area contributed by atoms with Gasteiger partial charge in [0.25, 0.3) is 0 Å². The molecule has 2 heterocycles. The van der Waals surface area contributed by atoms with E-state index in [4.69, 9.17) is 5.11 Å². The number of hydrogen-bond donors (Lipinski definition) is 1. The number of hydrogen-bond acceptors (Lipinski definition) is 5. The van der Waals surface area contributed by atoms with E-state index in [1.54, 1.807) is 6.07 Å². The quantitative estimate of drug-likeness (QED) is 0.871. The van der Waals surface area contributed by atoms with Gasteiger partial charge in [-0.1, -0.05) is 13.8 Å². The smallest absolute Gasteiger partial charge is 0.354 e. The van der Waals surface area contributed by atoms with Gasteiger partial charge in [0, 0.05) is 22.5 Å². The van der Waals surface area contributed by atoms with E-state index in [0.29, 0.717) is 11.1 Å². The highest BCUT2D eigenvalue weighted by Crippen LogP contribution is 2.26. The normalized spacial score (nSPS) is 10.8. The van der Waals surface area contributed by atoms with Gasteiger partial charge in [-0.15, -0.1) is 0 Å². The maximum Gasteiger partial charge on any atom is 0.354 e. The van der Waals surface area contributed by atoms with E-state index in [0.717, 1.165) is 16.3 Å². The van der Waals surface area contributed by atoms with Crippen LogP contribution in [0.3, 0.4) is 0 Å². The minimum Gasteiger partial charge on any atom is -0.477 e. The second-order valence-electron chi connectivity index (χ2n) is 4.66. The van der Waals surface area contributed by atoms with Crippen molar-refractivity contribution in [1.82, 2.24) is 15.0 Å². The summed E-state index contributed by atoms with van der Waals surface area (Å²) in [5.74, 6) is -0.719. The SMILES string of the molecule is Cc1cc(C(C)C)nc(Sc2ccnc(C(=O)O)c2)n1. The molecule has 0 unspecified atom stereocenters. The van der Waals surface area contributed by atoms with Crippen LogP contribution in [0.15, 0.2) is 34.4 Å². The fourth-order valence-corrected chi connectivity index (χ4v) is 2.45. The Hall–Kier alpha value is -1.95. The third kappa shape index (κ3) is 3.54. The molecule has 1 N–H and O–H groups in total. The van der Waals surface area contributed by atoms with E-state index >= 15 is 0 Å². The summed E-state index contributed by atoms with van der Waals surface area (Å²) in [5, 5.41) is 9.55. The summed E-state index contributed by atoms with van der Waals surface area (Å²) in [5.41, 5.74) is 1.90. The third-order valence-corrected chi connectivity index (χ3v) is 3.46. The zero-order chi connectivity index (χ0) is 14.7. The molecule has 2 aromatic heterocycles. The van der Waals surface area contributed by atoms with Gasteiger partial charge in [0.15, 0.2) is 5.16 Å². The zero-order valence-electron chi connectivity index (χ0n) is 11.5. The molecule has 0 aliphatic rings. The molecule has 0 amide bonds. The average molecular weight is 289 g/mol. The second-order valence-corrected chi connectivity index (χ2v) is 5.70. The van der Waals surface area contributed by atoms with Crippen molar-refractivity contribution in [2.45, 2.75) is 36.7 Å². The molecule has 0 aliphatic heterocycles. The highest BCUT2D eigenvalue weighted by Gasteiger charge is 2.10. The topological polar surface area (TPSA) is 76.0 Å². The van der Waals surface area contributed by atoms with Crippen molar-refractivity contribution in [3.63, 3.8) is 0 Å². The van der Waals surface area contributed by atoms with Crippen LogP contribution in [0.5, 0.6) is 0 Å². The predicted molar refractivity (Wildman–Crippen MR) is 76.2 cm³/mol. The van der Waals surface area contributed by atoms with Crippen LogP contribution in [-0.2, 0) is 0 Å². The van der Waals surface area contributed by atoms with Gasteiger partial charge in [-0.05, 0) is 42.8 Å². The molecule has 0 atom stereocenters. The lowest BCUT2D eigenvalue weighted by Crippen LogP contribution is -2.00. The van der Waals surface area contributed by atoms with E-state index in [9.17, 15) is 4.79 Å². The van der Waals surface area contributed by atoms with Crippen LogP contribution in [0.25, 0.3) is 0 Å². The molecule has 2 rings (SSSR count). The first-order chi connectivity index (χ1) is 9.45. The molecule has 2 aromatic rings. The lowest BCUT2D eigenvalue weighted by atomic mass is 10.1. The Balaban J connectivity index is 2.30. The third-order valence-electron chi connectivity index (χ3n) is 2.60. The molecular formula is C14H15N3O2S. The number of carbonyl (C=O) groups is 1. The van der Waals surface area contributed by atoms with Gasteiger partial charge in [0.2, 0.25) is 0 Å². The van der Waals surface area contributed by atoms with E-state index in [1.165, 1.54) is 24.0 Å². The van der Waals surface area contributed by atoms with E-state index in [1.807, 2.05) is 13.0 Å². The summed E-state index contributed by atoms with van der Waals surface area (Å²) >= 11 is 1.34. The number of nitrogens with zero attached hydrogens (tertiary/aromatic N) is 3. The van der Waals surface area contributed by atoms with Gasteiger partial charge in [0.05, 0.1) is 0 Å². The minimum atomic E-state index is -1.04. The first kappa shape index (κ1) is 14.5. The summed E-state index contributed by atoms with van der Waals surface area (Å²) < 4.78 is 0. The Morgan fingerprint density at radius 3 is 2.70 bits per heavy atom. The van der Waals surface area contributed by atoms with Gasteiger partial charge >= 0.3 is 5.97 Å². The van der Waals surface area contributed by atoms with Crippen molar-refractivity contribution in [3.8, 4) is 0 Å². The van der Waals surface area contributed by atoms with Gasteiger partial charge < -0.3 is 5.11 Å². The van der Waals surface area contributed by atoms with Crippen LogP contribution < -0.4 is 0 Å². The summed E-state index contributed by atoms with van der Waals surface area (Å²) in [6.45, 7) is 6.07. The first-order valence-corrected chi connectivity index (χ1v) is 7.00. The van der Waals surface area contributed by atoms with E-state index in [2.05, 4.69) is 28.8 Å². The summed E-state index contributed by atoms with van der Waals surface area (Å²) in [6.07, 6.45) is 1.48. The van der Waals surface area contributed by atoms with Crippen LogP contribution in [0.4, 0.5) is 0 Å². The summed E-state index contributed by atoms with van der Waals surface area (Å²) in [7, 11) is 0. The van der Waals surface area contributed by atoms with E-state index < -0.39 is 5.97 Å². The Kier molecular flexibility index (Phi) is 4.34. The molecule has 5 nitrogen and oxygen atoms in total. The van der Waals surface area contributed by atoms with Gasteiger partial charge in [-0.2, -0.15) is 0 Å². The molecule has 0 saturated heterocycles. The largest absolute Gasteiger partial charge is 0.477 e. The average Bonchev–Trinajstić information content (AvgIpc) is 2.38. The van der Waals surface area contributed by atoms with Crippen LogP contribution in [0, 0.1) is 6.92 Å². The van der Waals surface area contributed by atoms with Crippen molar-refractivity contribution < 1.29 is 9.90 Å². The standard InChI is InChI=1S/C14H15N3O2S/c1-8(2)11-6-9(3)16-14(17-11)20-10-4-5-15-12(7-10)13(18)19/h4-8H,1-3H3,(H,18,19). The summed E-state index contributed by atoms with van der Waals surface area (Å²) in [6, 6.07) is 5.23. The molecule has 6 heteroatoms. The molecule has 0 aromatic carbocycles. The van der Waals surface area contributed by atoms with Crippen LogP contribution in [-0.4, -0.2) is 26.0 Å². The summed E-state index contributed by atoms with van der Waals surface area (Å²) in [4.78, 5) is 24.3. The lowest BCUT2D eigenvalue weighted by molar-refractivity contribution is 0.0690. The van der Waals surface area contributed by atoms with Crippen LogP contribution in [0.2, 0.25) is 0 Å². The van der Waals surface area contributed by atoms with Crippen LogP contribution >= 0.6 is 11.8 Å². The Morgan fingerprint density at radius 1 is 1.30 bits per heavy atom. The molecule has 0 aliphatic carbocycles. The van der Waals surface area contributed by atoms with Gasteiger partial charge in [0.1, 0.15) is 5.69 Å². The molecule has 0 radical (unpaired) electrons. The van der Waals surface area contributed by atoms with Crippen molar-refractivity contribution in [2.24, 2.45) is 0 Å². The van der Waals surface area contributed by atoms with Gasteiger partial charge in [-0.25, -0.2) is 19.7 Å². The lowest BCUT2D eigenvalue weighted by Gasteiger charge is -2.08. The Labute approximate surface area is 121 Å². The number of carboxylic acid groups (broad SMARTS) is 1. The van der Waals surface area contributed by atoms with Crippen molar-refractivity contribution in [3.05, 3.63) is 41.5 Å². The Morgan fingerprint density at radius 2 is 2.05 bits per heavy atom. The van der Waals surface area contributed by atoms with Crippen LogP contribution in [0.1, 0.15) is 41.6 Å². The molecule has 104 valence electrons. The number of carboxylic acids is 1. The molecule has 0 bridgehead atoms. The maximum absolute atomic E-state index is 10.9. The van der Waals surface area contributed by atoms with Gasteiger partial charge in [-0.3, -0.25) is 0 Å². The first-order valence-electron chi connectivity index (χ1n) is 6.18. The highest BCUT2D eigenvalue weighted by molar-refractivity contribution is 7.99. The predicted octanol–water partition coefficient (Wildman–Crippen LogP) is 3.15. The number of pyridine rings is 1. The number of aromatic nitrogens is 3. The zero-order valence-corrected chi connectivity index (χ0v) is 12.3. The molecule has 0 saturated carbocycles. The number of aryl methyl sites for hydroxylation is 1. The molecule has 20 heavy (non-hydrogen) atoms. The minimum absolute atomic E-state index is 0.0201.